The maximum atomic E-state index is 12.5. The molecule has 3 heterocycles. The molecule has 21 heavy (non-hydrogen) atoms. The van der Waals surface area contributed by atoms with Crippen LogP contribution < -0.4 is 5.32 Å². The topological polar surface area (TPSA) is 51.9 Å². The van der Waals surface area contributed by atoms with Crippen LogP contribution in [0.25, 0.3) is 0 Å². The highest BCUT2D eigenvalue weighted by Crippen LogP contribution is 2.17. The third-order valence-corrected chi connectivity index (χ3v) is 4.40. The van der Waals surface area contributed by atoms with Gasteiger partial charge in [0.2, 0.25) is 0 Å². The first kappa shape index (κ1) is 13.9. The van der Waals surface area contributed by atoms with E-state index in [1.807, 2.05) is 32.3 Å². The summed E-state index contributed by atoms with van der Waals surface area (Å²) in [7, 11) is 0. The van der Waals surface area contributed by atoms with Crippen LogP contribution in [0.1, 0.15) is 40.9 Å². The van der Waals surface area contributed by atoms with Crippen LogP contribution in [0, 0.1) is 13.8 Å². The lowest BCUT2D eigenvalue weighted by molar-refractivity contribution is 0.0927. The van der Waals surface area contributed by atoms with Crippen LogP contribution in [0.2, 0.25) is 0 Å². The number of imidazole rings is 1. The summed E-state index contributed by atoms with van der Waals surface area (Å²) in [6, 6.07) is 2.17. The second-order valence-electron chi connectivity index (χ2n) is 5.73. The Labute approximate surface area is 125 Å². The zero-order valence-corrected chi connectivity index (χ0v) is 12.9. The molecule has 0 aliphatic carbocycles. The second-order valence-corrected chi connectivity index (χ2v) is 5.73. The Morgan fingerprint density at radius 1 is 1.48 bits per heavy atom. The highest BCUT2D eigenvalue weighted by atomic mass is 16.1. The van der Waals surface area contributed by atoms with Gasteiger partial charge in [0.05, 0.1) is 5.56 Å². The van der Waals surface area contributed by atoms with Gasteiger partial charge in [-0.15, -0.1) is 0 Å². The molecule has 0 bridgehead atoms. The first-order chi connectivity index (χ1) is 10.1. The lowest BCUT2D eigenvalue weighted by atomic mass is 10.1. The minimum Gasteiger partial charge on any atom is -0.349 e. The molecule has 112 valence electrons. The molecular weight excluding hydrogens is 264 g/mol. The molecule has 1 amide bonds. The molecule has 1 atom stereocenters. The van der Waals surface area contributed by atoms with Gasteiger partial charge in [0.15, 0.2) is 0 Å². The van der Waals surface area contributed by atoms with Crippen molar-refractivity contribution in [3.05, 3.63) is 41.2 Å². The first-order valence-corrected chi connectivity index (χ1v) is 7.57. The summed E-state index contributed by atoms with van der Waals surface area (Å²) in [4.78, 5) is 16.8. The summed E-state index contributed by atoms with van der Waals surface area (Å²) in [5.41, 5.74) is 2.98. The summed E-state index contributed by atoms with van der Waals surface area (Å²) in [6.45, 7) is 7.87. The fourth-order valence-corrected chi connectivity index (χ4v) is 3.27. The summed E-state index contributed by atoms with van der Waals surface area (Å²) < 4.78 is 4.30. The Morgan fingerprint density at radius 3 is 3.00 bits per heavy atom. The number of amides is 1. The number of aryl methyl sites for hydroxylation is 2. The van der Waals surface area contributed by atoms with Gasteiger partial charge in [-0.05, 0) is 33.3 Å². The zero-order chi connectivity index (χ0) is 15.0. The van der Waals surface area contributed by atoms with Crippen LogP contribution in [0.3, 0.4) is 0 Å². The summed E-state index contributed by atoms with van der Waals surface area (Å²) in [5.74, 6) is 1.15. The third kappa shape index (κ3) is 2.48. The molecule has 5 nitrogen and oxygen atoms in total. The third-order valence-electron chi connectivity index (χ3n) is 4.40. The molecule has 0 saturated heterocycles. The van der Waals surface area contributed by atoms with E-state index in [0.29, 0.717) is 0 Å². The van der Waals surface area contributed by atoms with Crippen molar-refractivity contribution in [3.8, 4) is 0 Å². The van der Waals surface area contributed by atoms with Crippen molar-refractivity contribution < 1.29 is 4.79 Å². The molecule has 0 fully saturated rings. The number of hydrogen-bond acceptors (Lipinski definition) is 2. The highest BCUT2D eigenvalue weighted by molar-refractivity contribution is 5.95. The van der Waals surface area contributed by atoms with E-state index in [4.69, 9.17) is 0 Å². The second kappa shape index (κ2) is 5.39. The predicted octanol–water partition coefficient (Wildman–Crippen LogP) is 2.07. The number of rotatable bonds is 3. The van der Waals surface area contributed by atoms with Gasteiger partial charge < -0.3 is 14.5 Å². The lowest BCUT2D eigenvalue weighted by Crippen LogP contribution is -2.41. The number of nitrogens with one attached hydrogen (secondary N) is 1. The van der Waals surface area contributed by atoms with Gasteiger partial charge in [-0.25, -0.2) is 4.98 Å². The highest BCUT2D eigenvalue weighted by Gasteiger charge is 2.22. The standard InChI is InChI=1S/C16H22N4O/c1-4-20-11(2)9-14(12(20)3)16(21)18-13-5-6-15-17-7-8-19(15)10-13/h7-9,13H,4-6,10H2,1-3H3,(H,18,21). The van der Waals surface area contributed by atoms with E-state index in [0.717, 1.165) is 48.7 Å². The Kier molecular flexibility index (Phi) is 3.57. The Bertz CT molecular complexity index is 668. The van der Waals surface area contributed by atoms with Gasteiger partial charge >= 0.3 is 0 Å². The molecule has 5 heteroatoms. The normalized spacial score (nSPS) is 17.6. The molecule has 1 aliphatic heterocycles. The van der Waals surface area contributed by atoms with Gasteiger partial charge in [-0.1, -0.05) is 0 Å². The molecule has 3 rings (SSSR count). The average Bonchev–Trinajstić information content (AvgIpc) is 3.02. The van der Waals surface area contributed by atoms with Crippen molar-refractivity contribution in [2.75, 3.05) is 0 Å². The maximum Gasteiger partial charge on any atom is 0.253 e. The number of carbonyl (C=O) groups excluding carboxylic acids is 1. The molecule has 2 aromatic rings. The number of fused-ring (bicyclic) bond motifs is 1. The monoisotopic (exact) mass is 286 g/mol. The van der Waals surface area contributed by atoms with Crippen LogP contribution in [0.5, 0.6) is 0 Å². The Morgan fingerprint density at radius 2 is 2.29 bits per heavy atom. The summed E-state index contributed by atoms with van der Waals surface area (Å²) in [5, 5.41) is 3.17. The van der Waals surface area contributed by atoms with Crippen molar-refractivity contribution in [1.29, 1.82) is 0 Å². The number of aromatic nitrogens is 3. The lowest BCUT2D eigenvalue weighted by Gasteiger charge is -2.24. The van der Waals surface area contributed by atoms with Gasteiger partial charge in [0, 0.05) is 49.3 Å². The molecule has 1 unspecified atom stereocenters. The van der Waals surface area contributed by atoms with Crippen LogP contribution in [-0.2, 0) is 19.5 Å². The van der Waals surface area contributed by atoms with Crippen LogP contribution >= 0.6 is 0 Å². The van der Waals surface area contributed by atoms with Gasteiger partial charge in [0.1, 0.15) is 5.82 Å². The quantitative estimate of drug-likeness (QED) is 0.939. The molecule has 2 aromatic heterocycles. The van der Waals surface area contributed by atoms with E-state index in [1.54, 1.807) is 0 Å². The molecule has 0 spiro atoms. The van der Waals surface area contributed by atoms with Crippen molar-refractivity contribution in [2.45, 2.75) is 52.7 Å². The van der Waals surface area contributed by atoms with Crippen molar-refractivity contribution in [1.82, 2.24) is 19.4 Å². The number of carbonyl (C=O) groups is 1. The van der Waals surface area contributed by atoms with Crippen molar-refractivity contribution >= 4 is 5.91 Å². The van der Waals surface area contributed by atoms with Crippen molar-refractivity contribution in [2.24, 2.45) is 0 Å². The summed E-state index contributed by atoms with van der Waals surface area (Å²) >= 11 is 0. The fourth-order valence-electron chi connectivity index (χ4n) is 3.27. The molecule has 0 saturated carbocycles. The zero-order valence-electron chi connectivity index (χ0n) is 12.9. The van der Waals surface area contributed by atoms with Crippen LogP contribution in [0.4, 0.5) is 0 Å². The Hall–Kier alpha value is -2.04. The number of hydrogen-bond donors (Lipinski definition) is 1. The molecule has 1 aliphatic rings. The average molecular weight is 286 g/mol. The summed E-state index contributed by atoms with van der Waals surface area (Å²) in [6.07, 6.45) is 5.69. The van der Waals surface area contributed by atoms with E-state index in [-0.39, 0.29) is 11.9 Å². The first-order valence-electron chi connectivity index (χ1n) is 7.57. The number of nitrogens with zero attached hydrogens (tertiary/aromatic N) is 3. The SMILES string of the molecule is CCn1c(C)cc(C(=O)NC2CCc3nccn3C2)c1C. The molecule has 0 aromatic carbocycles. The predicted molar refractivity (Wildman–Crippen MR) is 81.4 cm³/mol. The van der Waals surface area contributed by atoms with E-state index < -0.39 is 0 Å². The molecule has 0 radical (unpaired) electrons. The van der Waals surface area contributed by atoms with E-state index in [9.17, 15) is 4.79 Å². The largest absolute Gasteiger partial charge is 0.349 e. The van der Waals surface area contributed by atoms with E-state index in [2.05, 4.69) is 26.4 Å². The van der Waals surface area contributed by atoms with E-state index >= 15 is 0 Å². The van der Waals surface area contributed by atoms with Gasteiger partial charge in [-0.2, -0.15) is 0 Å². The minimum atomic E-state index is 0.0383. The van der Waals surface area contributed by atoms with Gasteiger partial charge in [0.25, 0.3) is 5.91 Å². The van der Waals surface area contributed by atoms with Crippen LogP contribution in [0.15, 0.2) is 18.5 Å². The van der Waals surface area contributed by atoms with Crippen molar-refractivity contribution in [3.63, 3.8) is 0 Å². The smallest absolute Gasteiger partial charge is 0.253 e. The fraction of sp³-hybridized carbons (Fsp3) is 0.500. The molecular formula is C16H22N4O. The Balaban J connectivity index is 1.73. The van der Waals surface area contributed by atoms with Gasteiger partial charge in [-0.3, -0.25) is 4.79 Å². The molecule has 1 N–H and O–H groups in total. The maximum absolute atomic E-state index is 12.5. The minimum absolute atomic E-state index is 0.0383. The van der Waals surface area contributed by atoms with E-state index in [1.165, 1.54) is 0 Å². The van der Waals surface area contributed by atoms with Crippen LogP contribution in [-0.4, -0.2) is 26.1 Å².